The summed E-state index contributed by atoms with van der Waals surface area (Å²) in [6.45, 7) is 1.19. The molecule has 2 rings (SSSR count). The molecule has 0 aromatic rings. The van der Waals surface area contributed by atoms with Gasteiger partial charge in [0, 0.05) is 6.54 Å². The lowest BCUT2D eigenvalue weighted by atomic mass is 9.85. The number of halogens is 3. The highest BCUT2D eigenvalue weighted by Crippen LogP contribution is 2.37. The first kappa shape index (κ1) is 16.5. The molecule has 0 amide bonds. The monoisotopic (exact) mass is 308 g/mol. The first-order valence-corrected chi connectivity index (χ1v) is 7.55. The number of aliphatic carboxylic acids is 1. The second kappa shape index (κ2) is 6.12. The van der Waals surface area contributed by atoms with E-state index in [9.17, 15) is 23.1 Å². The molecular weight excluding hydrogens is 285 g/mol. The molecule has 1 heterocycles. The van der Waals surface area contributed by atoms with Gasteiger partial charge in [0.1, 0.15) is 5.54 Å². The predicted molar refractivity (Wildman–Crippen MR) is 71.7 cm³/mol. The van der Waals surface area contributed by atoms with Gasteiger partial charge in [-0.05, 0) is 51.1 Å². The van der Waals surface area contributed by atoms with E-state index in [1.807, 2.05) is 4.90 Å². The van der Waals surface area contributed by atoms with Crippen LogP contribution in [0.4, 0.5) is 13.2 Å². The summed E-state index contributed by atoms with van der Waals surface area (Å²) in [6, 6.07) is 0. The van der Waals surface area contributed by atoms with E-state index in [2.05, 4.69) is 0 Å². The number of hydrogen-bond acceptors (Lipinski definition) is 3. The van der Waals surface area contributed by atoms with Crippen molar-refractivity contribution in [2.45, 2.75) is 50.2 Å². The van der Waals surface area contributed by atoms with Crippen LogP contribution < -0.4 is 5.73 Å². The molecule has 2 aliphatic rings. The SMILES string of the molecule is NC1(C(=O)O)CCCC1CCN1CCCC(C(F)(F)F)C1. The van der Waals surface area contributed by atoms with E-state index in [0.29, 0.717) is 32.4 Å². The minimum atomic E-state index is -4.13. The third-order valence-electron chi connectivity index (χ3n) is 5.03. The van der Waals surface area contributed by atoms with Crippen molar-refractivity contribution in [2.75, 3.05) is 19.6 Å². The molecule has 0 spiro atoms. The Hall–Kier alpha value is -0.820. The second-order valence-electron chi connectivity index (χ2n) is 6.40. The first-order valence-electron chi connectivity index (χ1n) is 7.55. The van der Waals surface area contributed by atoms with Crippen LogP contribution in [-0.2, 0) is 4.79 Å². The summed E-state index contributed by atoms with van der Waals surface area (Å²) in [5.41, 5.74) is 4.77. The number of rotatable bonds is 4. The Bertz CT molecular complexity index is 389. The summed E-state index contributed by atoms with van der Waals surface area (Å²) in [5.74, 6) is -2.38. The Morgan fingerprint density at radius 3 is 2.67 bits per heavy atom. The summed E-state index contributed by atoms with van der Waals surface area (Å²) in [7, 11) is 0. The van der Waals surface area contributed by atoms with Crippen LogP contribution in [0.1, 0.15) is 38.5 Å². The van der Waals surface area contributed by atoms with Gasteiger partial charge >= 0.3 is 12.1 Å². The summed E-state index contributed by atoms with van der Waals surface area (Å²) < 4.78 is 38.3. The normalized spacial score (nSPS) is 35.0. The number of carboxylic acids is 1. The highest BCUT2D eigenvalue weighted by molar-refractivity contribution is 5.79. The van der Waals surface area contributed by atoms with Gasteiger partial charge in [-0.15, -0.1) is 0 Å². The number of nitrogens with zero attached hydrogens (tertiary/aromatic N) is 1. The quantitative estimate of drug-likeness (QED) is 0.836. The Morgan fingerprint density at radius 2 is 2.05 bits per heavy atom. The number of nitrogens with two attached hydrogens (primary N) is 1. The van der Waals surface area contributed by atoms with E-state index in [4.69, 9.17) is 5.73 Å². The van der Waals surface area contributed by atoms with Crippen LogP contribution in [0.25, 0.3) is 0 Å². The largest absolute Gasteiger partial charge is 0.480 e. The molecule has 0 aromatic carbocycles. The van der Waals surface area contributed by atoms with Gasteiger partial charge in [-0.1, -0.05) is 6.42 Å². The second-order valence-corrected chi connectivity index (χ2v) is 6.40. The van der Waals surface area contributed by atoms with Crippen molar-refractivity contribution in [1.82, 2.24) is 4.90 Å². The maximum Gasteiger partial charge on any atom is 0.393 e. The molecule has 7 heteroatoms. The third-order valence-corrected chi connectivity index (χ3v) is 5.03. The summed E-state index contributed by atoms with van der Waals surface area (Å²) in [6.07, 6.45) is -0.852. The maximum absolute atomic E-state index is 12.8. The average molecular weight is 308 g/mol. The molecule has 1 saturated carbocycles. The summed E-state index contributed by atoms with van der Waals surface area (Å²) >= 11 is 0. The topological polar surface area (TPSA) is 66.6 Å². The average Bonchev–Trinajstić information content (AvgIpc) is 2.78. The van der Waals surface area contributed by atoms with E-state index in [1.54, 1.807) is 0 Å². The van der Waals surface area contributed by atoms with E-state index in [-0.39, 0.29) is 18.9 Å². The van der Waals surface area contributed by atoms with E-state index in [1.165, 1.54) is 0 Å². The van der Waals surface area contributed by atoms with E-state index in [0.717, 1.165) is 12.8 Å². The summed E-state index contributed by atoms with van der Waals surface area (Å²) in [4.78, 5) is 13.1. The van der Waals surface area contributed by atoms with Gasteiger partial charge in [0.05, 0.1) is 5.92 Å². The van der Waals surface area contributed by atoms with Crippen LogP contribution in [0.15, 0.2) is 0 Å². The number of likely N-dealkylation sites (tertiary alicyclic amines) is 1. The number of carbonyl (C=O) groups is 1. The molecule has 3 N–H and O–H groups in total. The van der Waals surface area contributed by atoms with Crippen LogP contribution in [0.5, 0.6) is 0 Å². The minimum absolute atomic E-state index is 0.0286. The van der Waals surface area contributed by atoms with Crippen LogP contribution in [0.2, 0.25) is 0 Å². The molecule has 2 fully saturated rings. The molecule has 1 saturated heterocycles. The molecule has 0 radical (unpaired) electrons. The Kier molecular flexibility index (Phi) is 4.82. The molecule has 3 unspecified atom stereocenters. The van der Waals surface area contributed by atoms with Gasteiger partial charge in [0.15, 0.2) is 0 Å². The van der Waals surface area contributed by atoms with Gasteiger partial charge in [0.2, 0.25) is 0 Å². The van der Waals surface area contributed by atoms with Crippen molar-refractivity contribution >= 4 is 5.97 Å². The molecule has 1 aliphatic heterocycles. The van der Waals surface area contributed by atoms with Crippen molar-refractivity contribution in [3.63, 3.8) is 0 Å². The number of alkyl halides is 3. The standard InChI is InChI=1S/C14H23F3N2O2/c15-14(16,17)11-4-2-7-19(9-11)8-5-10-3-1-6-13(10,18)12(20)21/h10-11H,1-9,18H2,(H,20,21). The number of carboxylic acid groups (broad SMARTS) is 1. The lowest BCUT2D eigenvalue weighted by molar-refractivity contribution is -0.186. The third kappa shape index (κ3) is 3.69. The van der Waals surface area contributed by atoms with Crippen molar-refractivity contribution in [3.8, 4) is 0 Å². The zero-order valence-corrected chi connectivity index (χ0v) is 12.0. The van der Waals surface area contributed by atoms with Gasteiger partial charge in [-0.2, -0.15) is 13.2 Å². The molecule has 3 atom stereocenters. The van der Waals surface area contributed by atoms with Crippen LogP contribution in [-0.4, -0.2) is 47.3 Å². The fraction of sp³-hybridized carbons (Fsp3) is 0.929. The highest BCUT2D eigenvalue weighted by Gasteiger charge is 2.46. The fourth-order valence-corrected chi connectivity index (χ4v) is 3.65. The maximum atomic E-state index is 12.8. The lowest BCUT2D eigenvalue weighted by Crippen LogP contribution is -2.52. The Balaban J connectivity index is 1.87. The smallest absolute Gasteiger partial charge is 0.393 e. The van der Waals surface area contributed by atoms with Crippen LogP contribution >= 0.6 is 0 Å². The zero-order valence-electron chi connectivity index (χ0n) is 12.0. The molecule has 122 valence electrons. The van der Waals surface area contributed by atoms with Gasteiger partial charge in [0.25, 0.3) is 0 Å². The zero-order chi connectivity index (χ0) is 15.7. The summed E-state index contributed by atoms with van der Waals surface area (Å²) in [5, 5.41) is 9.24. The van der Waals surface area contributed by atoms with Crippen molar-refractivity contribution < 1.29 is 23.1 Å². The van der Waals surface area contributed by atoms with Crippen molar-refractivity contribution in [1.29, 1.82) is 0 Å². The van der Waals surface area contributed by atoms with Crippen LogP contribution in [0.3, 0.4) is 0 Å². The Labute approximate surface area is 122 Å². The fourth-order valence-electron chi connectivity index (χ4n) is 3.65. The number of piperidine rings is 1. The van der Waals surface area contributed by atoms with Gasteiger partial charge in [-0.25, -0.2) is 0 Å². The lowest BCUT2D eigenvalue weighted by Gasteiger charge is -2.35. The van der Waals surface area contributed by atoms with Gasteiger partial charge in [-0.3, -0.25) is 4.79 Å². The molecule has 0 aromatic heterocycles. The van der Waals surface area contributed by atoms with Gasteiger partial charge < -0.3 is 15.7 Å². The Morgan fingerprint density at radius 1 is 1.33 bits per heavy atom. The van der Waals surface area contributed by atoms with Crippen molar-refractivity contribution in [3.05, 3.63) is 0 Å². The molecule has 0 bridgehead atoms. The number of hydrogen-bond donors (Lipinski definition) is 2. The molecule has 1 aliphatic carbocycles. The van der Waals surface area contributed by atoms with Crippen LogP contribution in [0, 0.1) is 11.8 Å². The minimum Gasteiger partial charge on any atom is -0.480 e. The molecule has 4 nitrogen and oxygen atoms in total. The predicted octanol–water partition coefficient (Wildman–Crippen LogP) is 2.23. The molecule has 21 heavy (non-hydrogen) atoms. The van der Waals surface area contributed by atoms with E-state index >= 15 is 0 Å². The highest BCUT2D eigenvalue weighted by atomic mass is 19.4. The first-order chi connectivity index (χ1) is 9.73. The van der Waals surface area contributed by atoms with E-state index < -0.39 is 23.6 Å². The molecular formula is C14H23F3N2O2. The van der Waals surface area contributed by atoms with Crippen molar-refractivity contribution in [2.24, 2.45) is 17.6 Å².